The molecule has 7 nitrogen and oxygen atoms in total. The quantitative estimate of drug-likeness (QED) is 0.478. The van der Waals surface area contributed by atoms with Gasteiger partial charge in [-0.25, -0.2) is 4.39 Å². The Morgan fingerprint density at radius 1 is 1.17 bits per heavy atom. The molecule has 36 heavy (non-hydrogen) atoms. The molecule has 0 bridgehead atoms. The van der Waals surface area contributed by atoms with Gasteiger partial charge in [-0.05, 0) is 37.8 Å². The van der Waals surface area contributed by atoms with Gasteiger partial charge in [0, 0.05) is 31.2 Å². The highest BCUT2D eigenvalue weighted by atomic mass is 19.4. The SMILES string of the molecule is O=C(O)CC(CCN1CCC(F)C1)NC(=O)c1cc(-c2ccccc2C(F)(F)F)n(C2CCCC2)n1. The summed E-state index contributed by atoms with van der Waals surface area (Å²) >= 11 is 0. The molecule has 1 aromatic carbocycles. The van der Waals surface area contributed by atoms with Gasteiger partial charge in [-0.2, -0.15) is 18.3 Å². The van der Waals surface area contributed by atoms with Crippen molar-refractivity contribution < 1.29 is 32.3 Å². The monoisotopic (exact) mass is 510 g/mol. The van der Waals surface area contributed by atoms with Crippen molar-refractivity contribution in [3.8, 4) is 11.3 Å². The van der Waals surface area contributed by atoms with E-state index >= 15 is 0 Å². The van der Waals surface area contributed by atoms with Gasteiger partial charge in [0.05, 0.1) is 23.7 Å². The number of carbonyl (C=O) groups is 2. The zero-order valence-electron chi connectivity index (χ0n) is 19.8. The Balaban J connectivity index is 1.59. The van der Waals surface area contributed by atoms with Crippen LogP contribution >= 0.6 is 0 Å². The van der Waals surface area contributed by atoms with Crippen molar-refractivity contribution in [3.63, 3.8) is 0 Å². The molecule has 1 saturated carbocycles. The molecule has 0 radical (unpaired) electrons. The summed E-state index contributed by atoms with van der Waals surface area (Å²) in [6.45, 7) is 1.28. The van der Waals surface area contributed by atoms with E-state index in [1.165, 1.54) is 28.9 Å². The third-order valence-electron chi connectivity index (χ3n) is 6.91. The molecule has 2 unspecified atom stereocenters. The Morgan fingerprint density at radius 3 is 2.53 bits per heavy atom. The van der Waals surface area contributed by atoms with E-state index in [4.69, 9.17) is 0 Å². The number of rotatable bonds is 9. The minimum absolute atomic E-state index is 0.0552. The maximum atomic E-state index is 13.7. The number of hydrogen-bond acceptors (Lipinski definition) is 4. The number of likely N-dealkylation sites (tertiary alicyclic amines) is 1. The van der Waals surface area contributed by atoms with Crippen LogP contribution in [0, 0.1) is 0 Å². The van der Waals surface area contributed by atoms with E-state index in [0.29, 0.717) is 25.9 Å². The second kappa shape index (κ2) is 11.0. The standard InChI is InChI=1S/C25H30F4N4O3/c26-16-9-11-32(15-16)12-10-17(13-23(34)35)30-24(36)21-14-22(33(31-21)18-5-1-2-6-18)19-7-3-4-8-20(19)25(27,28)29/h3-4,7-8,14,16-18H,1-2,5-6,9-13,15H2,(H,30,36)(H,34,35). The summed E-state index contributed by atoms with van der Waals surface area (Å²) in [5.74, 6) is -1.74. The third kappa shape index (κ3) is 6.24. The number of amides is 1. The van der Waals surface area contributed by atoms with E-state index in [0.717, 1.165) is 31.7 Å². The van der Waals surface area contributed by atoms with E-state index < -0.39 is 35.8 Å². The van der Waals surface area contributed by atoms with Gasteiger partial charge in [-0.15, -0.1) is 0 Å². The topological polar surface area (TPSA) is 87.5 Å². The van der Waals surface area contributed by atoms with E-state index in [2.05, 4.69) is 10.4 Å². The van der Waals surface area contributed by atoms with Crippen LogP contribution in [0.4, 0.5) is 17.6 Å². The van der Waals surface area contributed by atoms with Gasteiger partial charge >= 0.3 is 12.1 Å². The lowest BCUT2D eigenvalue weighted by Gasteiger charge is -2.20. The largest absolute Gasteiger partial charge is 0.481 e. The van der Waals surface area contributed by atoms with Crippen molar-refractivity contribution in [2.45, 2.75) is 69.4 Å². The first-order valence-electron chi connectivity index (χ1n) is 12.3. The molecule has 1 aromatic heterocycles. The molecule has 2 heterocycles. The van der Waals surface area contributed by atoms with E-state index in [1.54, 1.807) is 0 Å². The van der Waals surface area contributed by atoms with Crippen LogP contribution in [-0.2, 0) is 11.0 Å². The molecular formula is C25H30F4N4O3. The highest BCUT2D eigenvalue weighted by Gasteiger charge is 2.35. The summed E-state index contributed by atoms with van der Waals surface area (Å²) < 4.78 is 56.2. The van der Waals surface area contributed by atoms with Gasteiger partial charge in [-0.3, -0.25) is 14.3 Å². The summed E-state index contributed by atoms with van der Waals surface area (Å²) in [4.78, 5) is 26.4. The molecule has 1 aliphatic heterocycles. The number of hydrogen-bond donors (Lipinski definition) is 2. The van der Waals surface area contributed by atoms with E-state index in [1.807, 2.05) is 4.90 Å². The lowest BCUT2D eigenvalue weighted by molar-refractivity contribution is -0.138. The number of aliphatic carboxylic acids is 1. The van der Waals surface area contributed by atoms with Crippen molar-refractivity contribution in [1.82, 2.24) is 20.0 Å². The first-order chi connectivity index (χ1) is 17.1. The zero-order chi connectivity index (χ0) is 25.9. The van der Waals surface area contributed by atoms with E-state index in [-0.39, 0.29) is 36.0 Å². The number of aromatic nitrogens is 2. The van der Waals surface area contributed by atoms with Crippen LogP contribution in [0.5, 0.6) is 0 Å². The first kappa shape index (κ1) is 26.1. The lowest BCUT2D eigenvalue weighted by Crippen LogP contribution is -2.39. The molecule has 4 rings (SSSR count). The summed E-state index contributed by atoms with van der Waals surface area (Å²) in [7, 11) is 0. The van der Waals surface area contributed by atoms with Gasteiger partial charge < -0.3 is 15.3 Å². The summed E-state index contributed by atoms with van der Waals surface area (Å²) in [5, 5.41) is 16.4. The van der Waals surface area contributed by atoms with Crippen LogP contribution in [0.25, 0.3) is 11.3 Å². The number of carbonyl (C=O) groups excluding carboxylic acids is 1. The van der Waals surface area contributed by atoms with Gasteiger partial charge in [0.1, 0.15) is 6.17 Å². The van der Waals surface area contributed by atoms with Crippen LogP contribution in [0.3, 0.4) is 0 Å². The Labute approximate surface area is 206 Å². The van der Waals surface area contributed by atoms with Gasteiger partial charge in [0.25, 0.3) is 5.91 Å². The van der Waals surface area contributed by atoms with Crippen molar-refractivity contribution in [2.24, 2.45) is 0 Å². The molecule has 196 valence electrons. The molecule has 11 heteroatoms. The molecule has 0 spiro atoms. The molecule has 1 aliphatic carbocycles. The molecule has 1 amide bonds. The van der Waals surface area contributed by atoms with E-state index in [9.17, 15) is 32.3 Å². The zero-order valence-corrected chi connectivity index (χ0v) is 19.8. The molecule has 2 atom stereocenters. The maximum absolute atomic E-state index is 13.7. The fourth-order valence-electron chi connectivity index (χ4n) is 5.11. The Hall–Kier alpha value is -2.95. The van der Waals surface area contributed by atoms with Crippen molar-refractivity contribution in [2.75, 3.05) is 19.6 Å². The Kier molecular flexibility index (Phi) is 7.97. The number of nitrogens with zero attached hydrogens (tertiary/aromatic N) is 3. The predicted octanol–water partition coefficient (Wildman–Crippen LogP) is 4.69. The fraction of sp³-hybridized carbons (Fsp3) is 0.560. The minimum atomic E-state index is -4.58. The smallest absolute Gasteiger partial charge is 0.417 e. The number of benzene rings is 1. The first-order valence-corrected chi connectivity index (χ1v) is 12.3. The normalized spacial score (nSPS) is 20.1. The van der Waals surface area contributed by atoms with Gasteiger partial charge in [0.2, 0.25) is 0 Å². The number of nitrogens with one attached hydrogen (secondary N) is 1. The summed E-state index contributed by atoms with van der Waals surface area (Å²) in [5.41, 5.74) is -0.716. The van der Waals surface area contributed by atoms with Crippen LogP contribution in [0.15, 0.2) is 30.3 Å². The second-order valence-electron chi connectivity index (χ2n) is 9.58. The summed E-state index contributed by atoms with van der Waals surface area (Å²) in [6.07, 6.45) is -1.75. The fourth-order valence-corrected chi connectivity index (χ4v) is 5.11. The molecule has 2 fully saturated rings. The molecule has 2 aliphatic rings. The van der Waals surface area contributed by atoms with Crippen LogP contribution in [-0.4, -0.2) is 63.5 Å². The van der Waals surface area contributed by atoms with Crippen molar-refractivity contribution in [1.29, 1.82) is 0 Å². The number of carboxylic acid groups (broad SMARTS) is 1. The van der Waals surface area contributed by atoms with Gasteiger partial charge in [-0.1, -0.05) is 31.0 Å². The molecule has 1 saturated heterocycles. The van der Waals surface area contributed by atoms with Crippen LogP contribution in [0.2, 0.25) is 0 Å². The number of alkyl halides is 4. The van der Waals surface area contributed by atoms with Crippen LogP contribution < -0.4 is 5.32 Å². The van der Waals surface area contributed by atoms with Crippen molar-refractivity contribution >= 4 is 11.9 Å². The number of halogens is 4. The predicted molar refractivity (Wildman–Crippen MR) is 124 cm³/mol. The summed E-state index contributed by atoms with van der Waals surface area (Å²) in [6, 6.07) is 5.71. The Bertz CT molecular complexity index is 1080. The lowest BCUT2D eigenvalue weighted by atomic mass is 10.0. The minimum Gasteiger partial charge on any atom is -0.481 e. The average molecular weight is 511 g/mol. The molecular weight excluding hydrogens is 480 g/mol. The molecule has 2 aromatic rings. The van der Waals surface area contributed by atoms with Crippen molar-refractivity contribution in [3.05, 3.63) is 41.6 Å². The maximum Gasteiger partial charge on any atom is 0.417 e. The Morgan fingerprint density at radius 2 is 1.89 bits per heavy atom. The molecule has 2 N–H and O–H groups in total. The van der Waals surface area contributed by atoms with Crippen LogP contribution in [0.1, 0.15) is 67.0 Å². The average Bonchev–Trinajstić information content (AvgIpc) is 3.57. The highest BCUT2D eigenvalue weighted by molar-refractivity contribution is 5.94. The highest BCUT2D eigenvalue weighted by Crippen LogP contribution is 2.40. The van der Waals surface area contributed by atoms with Gasteiger partial charge in [0.15, 0.2) is 5.69 Å². The number of carboxylic acids is 1. The third-order valence-corrected chi connectivity index (χ3v) is 6.91. The second-order valence-corrected chi connectivity index (χ2v) is 9.58.